The van der Waals surface area contributed by atoms with Crippen LogP contribution in [0.2, 0.25) is 0 Å². The van der Waals surface area contributed by atoms with Gasteiger partial charge in [0.25, 0.3) is 0 Å². The number of nitrogens with zero attached hydrogens (tertiary/aromatic N) is 4. The molecule has 0 bridgehead atoms. The van der Waals surface area contributed by atoms with Gasteiger partial charge in [0.05, 0.1) is 0 Å². The summed E-state index contributed by atoms with van der Waals surface area (Å²) < 4.78 is 2.36. The van der Waals surface area contributed by atoms with Crippen LogP contribution in [-0.4, -0.2) is 44.3 Å². The second-order valence-corrected chi connectivity index (χ2v) is 8.67. The third-order valence-electron chi connectivity index (χ3n) is 6.45. The van der Waals surface area contributed by atoms with E-state index in [1.807, 2.05) is 0 Å². The first-order valence-electron chi connectivity index (χ1n) is 10.4. The molecule has 4 heterocycles. The van der Waals surface area contributed by atoms with Crippen LogP contribution in [0, 0.1) is 5.92 Å². The Bertz CT molecular complexity index is 937. The number of aromatic amines is 1. The van der Waals surface area contributed by atoms with Gasteiger partial charge in [0, 0.05) is 49.1 Å². The van der Waals surface area contributed by atoms with Gasteiger partial charge in [0.2, 0.25) is 0 Å². The van der Waals surface area contributed by atoms with Gasteiger partial charge in [-0.1, -0.05) is 32.0 Å². The van der Waals surface area contributed by atoms with Crippen molar-refractivity contribution in [2.45, 2.75) is 51.5 Å². The van der Waals surface area contributed by atoms with E-state index in [-0.39, 0.29) is 0 Å². The third-order valence-corrected chi connectivity index (χ3v) is 6.45. The fraction of sp³-hybridized carbons (Fsp3) is 0.545. The van der Waals surface area contributed by atoms with Crippen molar-refractivity contribution >= 4 is 10.9 Å². The van der Waals surface area contributed by atoms with Crippen LogP contribution in [0.5, 0.6) is 0 Å². The van der Waals surface area contributed by atoms with E-state index in [0.29, 0.717) is 17.8 Å². The molecule has 2 aliphatic heterocycles. The molecule has 2 aromatic heterocycles. The zero-order valence-electron chi connectivity index (χ0n) is 16.4. The van der Waals surface area contributed by atoms with Crippen LogP contribution in [0.25, 0.3) is 10.9 Å². The Morgan fingerprint density at radius 2 is 2.04 bits per heavy atom. The first kappa shape index (κ1) is 17.0. The molecule has 0 aliphatic carbocycles. The SMILES string of the molecule is CC(C)c1nnc2n1CCC(CN1CCC(c3c[nH]c4ccccc34)C1)C2. The van der Waals surface area contributed by atoms with Gasteiger partial charge < -0.3 is 14.5 Å². The highest BCUT2D eigenvalue weighted by molar-refractivity contribution is 5.83. The van der Waals surface area contributed by atoms with Gasteiger partial charge in [-0.15, -0.1) is 10.2 Å². The van der Waals surface area contributed by atoms with Crippen molar-refractivity contribution in [2.75, 3.05) is 19.6 Å². The van der Waals surface area contributed by atoms with Crippen LogP contribution < -0.4 is 0 Å². The van der Waals surface area contributed by atoms with Crippen molar-refractivity contribution in [3.05, 3.63) is 47.7 Å². The van der Waals surface area contributed by atoms with E-state index in [1.54, 1.807) is 0 Å². The van der Waals surface area contributed by atoms with E-state index in [9.17, 15) is 0 Å². The Hall–Kier alpha value is -2.14. The number of aromatic nitrogens is 4. The molecular formula is C22H29N5. The summed E-state index contributed by atoms with van der Waals surface area (Å²) in [5.41, 5.74) is 2.76. The third kappa shape index (κ3) is 3.08. The van der Waals surface area contributed by atoms with Gasteiger partial charge in [-0.2, -0.15) is 0 Å². The molecule has 5 heteroatoms. The second-order valence-electron chi connectivity index (χ2n) is 8.67. The number of likely N-dealkylation sites (tertiary alicyclic amines) is 1. The number of rotatable bonds is 4. The Morgan fingerprint density at radius 3 is 2.93 bits per heavy atom. The van der Waals surface area contributed by atoms with Gasteiger partial charge >= 0.3 is 0 Å². The van der Waals surface area contributed by atoms with Gasteiger partial charge in [-0.05, 0) is 42.9 Å². The lowest BCUT2D eigenvalue weighted by atomic mass is 9.96. The fourth-order valence-corrected chi connectivity index (χ4v) is 5.05. The highest BCUT2D eigenvalue weighted by atomic mass is 15.3. The van der Waals surface area contributed by atoms with Crippen molar-refractivity contribution < 1.29 is 0 Å². The molecule has 2 aliphatic rings. The minimum absolute atomic E-state index is 0.457. The minimum Gasteiger partial charge on any atom is -0.361 e. The second kappa shape index (κ2) is 6.79. The molecule has 1 fully saturated rings. The van der Waals surface area contributed by atoms with Crippen LogP contribution in [0.3, 0.4) is 0 Å². The lowest BCUT2D eigenvalue weighted by molar-refractivity contribution is 0.241. The maximum atomic E-state index is 4.48. The summed E-state index contributed by atoms with van der Waals surface area (Å²) in [5.74, 6) is 4.18. The number of benzene rings is 1. The molecular weight excluding hydrogens is 334 g/mol. The first-order valence-corrected chi connectivity index (χ1v) is 10.4. The van der Waals surface area contributed by atoms with Gasteiger partial charge in [-0.25, -0.2) is 0 Å². The average molecular weight is 364 g/mol. The number of H-pyrrole nitrogens is 1. The summed E-state index contributed by atoms with van der Waals surface area (Å²) >= 11 is 0. The maximum Gasteiger partial charge on any atom is 0.135 e. The van der Waals surface area contributed by atoms with Crippen LogP contribution >= 0.6 is 0 Å². The standard InChI is InChI=1S/C22H29N5/c1-15(2)22-25-24-21-11-16(7-10-27(21)22)13-26-9-8-17(14-26)19-12-23-20-6-4-3-5-18(19)20/h3-6,12,15-17,23H,7-11,13-14H2,1-2H3. The molecule has 1 saturated heterocycles. The average Bonchev–Trinajstić information content (AvgIpc) is 3.38. The number of hydrogen-bond acceptors (Lipinski definition) is 3. The number of hydrogen-bond donors (Lipinski definition) is 1. The molecule has 3 aromatic rings. The molecule has 2 unspecified atom stereocenters. The van der Waals surface area contributed by atoms with Crippen molar-refractivity contribution in [3.63, 3.8) is 0 Å². The van der Waals surface area contributed by atoms with Crippen LogP contribution in [-0.2, 0) is 13.0 Å². The summed E-state index contributed by atoms with van der Waals surface area (Å²) in [6.07, 6.45) is 5.82. The molecule has 2 atom stereocenters. The largest absolute Gasteiger partial charge is 0.361 e. The Kier molecular flexibility index (Phi) is 4.27. The van der Waals surface area contributed by atoms with Crippen molar-refractivity contribution in [2.24, 2.45) is 5.92 Å². The molecule has 142 valence electrons. The van der Waals surface area contributed by atoms with Crippen molar-refractivity contribution in [1.82, 2.24) is 24.6 Å². The molecule has 1 N–H and O–H groups in total. The summed E-state index contributed by atoms with van der Waals surface area (Å²) in [6, 6.07) is 8.69. The highest BCUT2D eigenvalue weighted by Gasteiger charge is 2.30. The number of fused-ring (bicyclic) bond motifs is 2. The number of nitrogens with one attached hydrogen (secondary N) is 1. The maximum absolute atomic E-state index is 4.48. The van der Waals surface area contributed by atoms with E-state index >= 15 is 0 Å². The van der Waals surface area contributed by atoms with E-state index in [4.69, 9.17) is 0 Å². The quantitative estimate of drug-likeness (QED) is 0.764. The summed E-state index contributed by atoms with van der Waals surface area (Å²) in [6.45, 7) is 9.09. The highest BCUT2D eigenvalue weighted by Crippen LogP contribution is 2.33. The summed E-state index contributed by atoms with van der Waals surface area (Å²) in [7, 11) is 0. The lowest BCUT2D eigenvalue weighted by Crippen LogP contribution is -2.32. The van der Waals surface area contributed by atoms with Gasteiger partial charge in [0.1, 0.15) is 11.6 Å². The van der Waals surface area contributed by atoms with Crippen LogP contribution in [0.15, 0.2) is 30.5 Å². The molecule has 0 radical (unpaired) electrons. The summed E-state index contributed by atoms with van der Waals surface area (Å²) in [4.78, 5) is 6.12. The summed E-state index contributed by atoms with van der Waals surface area (Å²) in [5, 5.41) is 10.3. The van der Waals surface area contributed by atoms with E-state index in [1.165, 1.54) is 54.8 Å². The van der Waals surface area contributed by atoms with Gasteiger partial charge in [0.15, 0.2) is 0 Å². The Morgan fingerprint density at radius 1 is 1.15 bits per heavy atom. The minimum atomic E-state index is 0.457. The van der Waals surface area contributed by atoms with Crippen molar-refractivity contribution in [3.8, 4) is 0 Å². The van der Waals surface area contributed by atoms with E-state index in [0.717, 1.165) is 18.8 Å². The topological polar surface area (TPSA) is 49.7 Å². The molecule has 0 spiro atoms. The molecule has 0 saturated carbocycles. The zero-order chi connectivity index (χ0) is 18.4. The molecule has 5 nitrogen and oxygen atoms in total. The first-order chi connectivity index (χ1) is 13.2. The smallest absolute Gasteiger partial charge is 0.135 e. The van der Waals surface area contributed by atoms with Crippen LogP contribution in [0.1, 0.15) is 55.7 Å². The lowest BCUT2D eigenvalue weighted by Gasteiger charge is -2.28. The van der Waals surface area contributed by atoms with Crippen molar-refractivity contribution in [1.29, 1.82) is 0 Å². The van der Waals surface area contributed by atoms with E-state index in [2.05, 4.69) is 69.0 Å². The Labute approximate surface area is 160 Å². The monoisotopic (exact) mass is 363 g/mol. The molecule has 27 heavy (non-hydrogen) atoms. The molecule has 0 amide bonds. The molecule has 5 rings (SSSR count). The fourth-order valence-electron chi connectivity index (χ4n) is 5.05. The Balaban J connectivity index is 1.24. The predicted octanol–water partition coefficient (Wildman–Crippen LogP) is 3.93. The zero-order valence-corrected chi connectivity index (χ0v) is 16.4. The normalized spacial score (nSPS) is 23.4. The van der Waals surface area contributed by atoms with Gasteiger partial charge in [-0.3, -0.25) is 0 Å². The van der Waals surface area contributed by atoms with E-state index < -0.39 is 0 Å². The predicted molar refractivity (Wildman–Crippen MR) is 108 cm³/mol. The number of para-hydroxylation sites is 1. The molecule has 1 aromatic carbocycles. The van der Waals surface area contributed by atoms with Crippen LogP contribution in [0.4, 0.5) is 0 Å².